The van der Waals surface area contributed by atoms with E-state index in [1.54, 1.807) is 0 Å². The van der Waals surface area contributed by atoms with Gasteiger partial charge in [0.1, 0.15) is 17.3 Å². The normalized spacial score (nSPS) is 18.0. The van der Waals surface area contributed by atoms with Crippen LogP contribution in [0.2, 0.25) is 0 Å². The minimum absolute atomic E-state index is 0.0135. The summed E-state index contributed by atoms with van der Waals surface area (Å²) in [5.41, 5.74) is -2.32. The Hall–Kier alpha value is -2.00. The van der Waals surface area contributed by atoms with Crippen molar-refractivity contribution >= 4 is 9.84 Å². The van der Waals surface area contributed by atoms with Gasteiger partial charge in [0.15, 0.2) is 21.5 Å². The highest BCUT2D eigenvalue weighted by molar-refractivity contribution is 7.91. The maximum atomic E-state index is 15.3. The third kappa shape index (κ3) is 4.20. The summed E-state index contributed by atoms with van der Waals surface area (Å²) in [7, 11) is -4.50. The lowest BCUT2D eigenvalue weighted by Gasteiger charge is -2.33. The molecular formula is C19H18F5NO2S. The topological polar surface area (TPSA) is 46.2 Å². The standard InChI is InChI=1S/C19H18F5NO2S/c20-12-1-3-14(16(22)9-12)18(11-19(24)5-7-25-8-6-19)28(26,27)13-2-4-15(21)17(23)10-13/h1-4,9-10,18,25H,5-8,11H2. The predicted octanol–water partition coefficient (Wildman–Crippen LogP) is 4.24. The fourth-order valence-corrected chi connectivity index (χ4v) is 5.28. The number of halogens is 5. The maximum absolute atomic E-state index is 15.3. The molecule has 0 aliphatic carbocycles. The van der Waals surface area contributed by atoms with Crippen molar-refractivity contribution in [2.24, 2.45) is 0 Å². The van der Waals surface area contributed by atoms with Crippen LogP contribution in [0.5, 0.6) is 0 Å². The molecule has 1 aliphatic heterocycles. The minimum Gasteiger partial charge on any atom is -0.316 e. The largest absolute Gasteiger partial charge is 0.316 e. The first kappa shape index (κ1) is 20.7. The Balaban J connectivity index is 2.10. The molecule has 2 aromatic rings. The SMILES string of the molecule is O=S(=O)(c1ccc(F)c(F)c1)C(CC1(F)CCNCC1)c1ccc(F)cc1F. The first-order valence-electron chi connectivity index (χ1n) is 8.66. The number of benzene rings is 2. The number of hydrogen-bond acceptors (Lipinski definition) is 3. The van der Waals surface area contributed by atoms with Gasteiger partial charge in [-0.1, -0.05) is 6.07 Å². The number of piperidine rings is 1. The van der Waals surface area contributed by atoms with E-state index < -0.39 is 60.9 Å². The molecule has 1 N–H and O–H groups in total. The quantitative estimate of drug-likeness (QED) is 0.583. The second-order valence-corrected chi connectivity index (χ2v) is 9.01. The summed E-state index contributed by atoms with van der Waals surface area (Å²) in [6, 6.07) is 4.28. The van der Waals surface area contributed by atoms with Gasteiger partial charge in [-0.2, -0.15) is 0 Å². The van der Waals surface area contributed by atoms with Crippen LogP contribution in [0.4, 0.5) is 22.0 Å². The zero-order valence-electron chi connectivity index (χ0n) is 14.7. The first-order chi connectivity index (χ1) is 13.1. The van der Waals surface area contributed by atoms with Gasteiger partial charge in [-0.05, 0) is 50.2 Å². The zero-order chi connectivity index (χ0) is 20.5. The molecule has 1 fully saturated rings. The lowest BCUT2D eigenvalue weighted by Crippen LogP contribution is -2.40. The van der Waals surface area contributed by atoms with Crippen LogP contribution in [0.1, 0.15) is 30.1 Å². The maximum Gasteiger partial charge on any atom is 0.185 e. The second kappa shape index (κ2) is 7.79. The molecule has 1 unspecified atom stereocenters. The van der Waals surface area contributed by atoms with Crippen LogP contribution < -0.4 is 5.32 Å². The summed E-state index contributed by atoms with van der Waals surface area (Å²) in [5.74, 6) is -4.70. The molecule has 0 radical (unpaired) electrons. The summed E-state index contributed by atoms with van der Waals surface area (Å²) in [4.78, 5) is -0.599. The molecule has 0 saturated carbocycles. The lowest BCUT2D eigenvalue weighted by atomic mass is 9.88. The Bertz CT molecular complexity index is 974. The zero-order valence-corrected chi connectivity index (χ0v) is 15.5. The van der Waals surface area contributed by atoms with Crippen molar-refractivity contribution in [2.45, 2.75) is 35.1 Å². The average Bonchev–Trinajstić information content (AvgIpc) is 2.63. The minimum atomic E-state index is -4.50. The fraction of sp³-hybridized carbons (Fsp3) is 0.368. The van der Waals surface area contributed by atoms with Crippen molar-refractivity contribution in [1.82, 2.24) is 5.32 Å². The number of sulfone groups is 1. The molecule has 1 aliphatic rings. The smallest absolute Gasteiger partial charge is 0.185 e. The molecule has 0 amide bonds. The van der Waals surface area contributed by atoms with Gasteiger partial charge in [-0.25, -0.2) is 30.4 Å². The monoisotopic (exact) mass is 419 g/mol. The number of rotatable bonds is 5. The molecule has 9 heteroatoms. The highest BCUT2D eigenvalue weighted by atomic mass is 32.2. The molecule has 1 atom stereocenters. The molecule has 28 heavy (non-hydrogen) atoms. The van der Waals surface area contributed by atoms with Crippen LogP contribution in [0.3, 0.4) is 0 Å². The van der Waals surface area contributed by atoms with E-state index in [1.807, 2.05) is 0 Å². The Morgan fingerprint density at radius 1 is 0.929 bits per heavy atom. The molecule has 0 spiro atoms. The van der Waals surface area contributed by atoms with E-state index in [0.717, 1.165) is 18.2 Å². The van der Waals surface area contributed by atoms with E-state index in [9.17, 15) is 26.0 Å². The van der Waals surface area contributed by atoms with E-state index in [1.165, 1.54) is 0 Å². The Morgan fingerprint density at radius 2 is 1.61 bits per heavy atom. The number of nitrogens with one attached hydrogen (secondary N) is 1. The van der Waals surface area contributed by atoms with Gasteiger partial charge in [-0.3, -0.25) is 0 Å². The van der Waals surface area contributed by atoms with E-state index >= 15 is 4.39 Å². The van der Waals surface area contributed by atoms with Crippen LogP contribution in [-0.4, -0.2) is 27.2 Å². The van der Waals surface area contributed by atoms with Crippen LogP contribution in [0, 0.1) is 23.3 Å². The van der Waals surface area contributed by atoms with Gasteiger partial charge in [0.2, 0.25) is 0 Å². The summed E-state index contributed by atoms with van der Waals surface area (Å²) >= 11 is 0. The molecule has 1 heterocycles. The van der Waals surface area contributed by atoms with Crippen molar-refractivity contribution in [2.75, 3.05) is 13.1 Å². The van der Waals surface area contributed by atoms with Gasteiger partial charge in [-0.15, -0.1) is 0 Å². The van der Waals surface area contributed by atoms with E-state index in [0.29, 0.717) is 31.3 Å². The summed E-state index contributed by atoms with van der Waals surface area (Å²) in [5, 5.41) is 1.23. The van der Waals surface area contributed by atoms with E-state index in [-0.39, 0.29) is 12.8 Å². The van der Waals surface area contributed by atoms with Crippen molar-refractivity contribution in [1.29, 1.82) is 0 Å². The van der Waals surface area contributed by atoms with Crippen LogP contribution >= 0.6 is 0 Å². The molecule has 3 nitrogen and oxygen atoms in total. The highest BCUT2D eigenvalue weighted by Gasteiger charge is 2.41. The Labute approximate surface area is 159 Å². The Morgan fingerprint density at radius 3 is 2.21 bits per heavy atom. The molecule has 0 aromatic heterocycles. The molecule has 3 rings (SSSR count). The number of hydrogen-bond donors (Lipinski definition) is 1. The van der Waals surface area contributed by atoms with Gasteiger partial charge in [0.05, 0.1) is 10.1 Å². The summed E-state index contributed by atoms with van der Waals surface area (Å²) in [6.45, 7) is 0.640. The lowest BCUT2D eigenvalue weighted by molar-refractivity contribution is 0.103. The molecule has 2 aromatic carbocycles. The van der Waals surface area contributed by atoms with Crippen LogP contribution in [0.25, 0.3) is 0 Å². The molecule has 152 valence electrons. The second-order valence-electron chi connectivity index (χ2n) is 6.88. The van der Waals surface area contributed by atoms with E-state index in [2.05, 4.69) is 5.32 Å². The molecular weight excluding hydrogens is 401 g/mol. The van der Waals surface area contributed by atoms with Gasteiger partial charge in [0, 0.05) is 18.1 Å². The van der Waals surface area contributed by atoms with Gasteiger partial charge in [0.25, 0.3) is 0 Å². The highest BCUT2D eigenvalue weighted by Crippen LogP contribution is 2.41. The average molecular weight is 419 g/mol. The van der Waals surface area contributed by atoms with Crippen molar-refractivity contribution < 1.29 is 30.4 Å². The van der Waals surface area contributed by atoms with Crippen LogP contribution in [0.15, 0.2) is 41.3 Å². The van der Waals surface area contributed by atoms with Crippen LogP contribution in [-0.2, 0) is 9.84 Å². The van der Waals surface area contributed by atoms with Crippen molar-refractivity contribution in [3.63, 3.8) is 0 Å². The van der Waals surface area contributed by atoms with Gasteiger partial charge < -0.3 is 5.32 Å². The fourth-order valence-electron chi connectivity index (χ4n) is 3.38. The van der Waals surface area contributed by atoms with E-state index in [4.69, 9.17) is 0 Å². The summed E-state index contributed by atoms with van der Waals surface area (Å²) in [6.07, 6.45) is -0.558. The number of alkyl halides is 1. The third-order valence-electron chi connectivity index (χ3n) is 4.95. The first-order valence-corrected chi connectivity index (χ1v) is 10.2. The molecule has 1 saturated heterocycles. The van der Waals surface area contributed by atoms with Crippen molar-refractivity contribution in [3.8, 4) is 0 Å². The predicted molar refractivity (Wildman–Crippen MR) is 93.2 cm³/mol. The third-order valence-corrected chi connectivity index (χ3v) is 7.04. The Kier molecular flexibility index (Phi) is 5.77. The van der Waals surface area contributed by atoms with Gasteiger partial charge >= 0.3 is 0 Å². The molecule has 0 bridgehead atoms. The summed E-state index contributed by atoms with van der Waals surface area (Å²) < 4.78 is 96.0. The van der Waals surface area contributed by atoms with Crippen molar-refractivity contribution in [3.05, 3.63) is 65.2 Å².